The van der Waals surface area contributed by atoms with Gasteiger partial charge in [0.15, 0.2) is 0 Å². The molecular weight excluding hydrogens is 253 g/mol. The first kappa shape index (κ1) is 14.5. The van der Waals surface area contributed by atoms with E-state index in [1.54, 1.807) is 6.07 Å². The summed E-state index contributed by atoms with van der Waals surface area (Å²) in [5.74, 6) is 1.03. The van der Waals surface area contributed by atoms with Crippen molar-refractivity contribution in [2.45, 2.75) is 32.7 Å². The molecule has 0 fully saturated rings. The van der Waals surface area contributed by atoms with Gasteiger partial charge >= 0.3 is 0 Å². The van der Waals surface area contributed by atoms with Gasteiger partial charge in [-0.3, -0.25) is 0 Å². The Labute approximate surface area is 119 Å². The van der Waals surface area contributed by atoms with Crippen molar-refractivity contribution >= 4 is 0 Å². The van der Waals surface area contributed by atoms with E-state index in [1.807, 2.05) is 31.2 Å². The fraction of sp³-hybridized carbons (Fsp3) is 0.294. The van der Waals surface area contributed by atoms with Crippen LogP contribution in [-0.4, -0.2) is 0 Å². The second-order valence-electron chi connectivity index (χ2n) is 4.97. The average Bonchev–Trinajstić information content (AvgIpc) is 2.43. The minimum absolute atomic E-state index is 0.278. The highest BCUT2D eigenvalue weighted by molar-refractivity contribution is 5.40. The largest absolute Gasteiger partial charge is 0.457 e. The van der Waals surface area contributed by atoms with Gasteiger partial charge in [-0.2, -0.15) is 0 Å². The molecule has 0 bridgehead atoms. The normalized spacial score (nSPS) is 12.2. The predicted octanol–water partition coefficient (Wildman–Crippen LogP) is 4.59. The standard InChI is InChI=1S/C17H20FNO/c1-3-4-13-5-8-15(9-6-13)20-17-10-7-14(18)11-16(17)12(2)19/h5-12H,3-4,19H2,1-2H3. The van der Waals surface area contributed by atoms with Gasteiger partial charge in [-0.25, -0.2) is 4.39 Å². The lowest BCUT2D eigenvalue weighted by Crippen LogP contribution is -2.07. The van der Waals surface area contributed by atoms with E-state index in [0.717, 1.165) is 18.6 Å². The Kier molecular flexibility index (Phi) is 4.74. The zero-order valence-corrected chi connectivity index (χ0v) is 11.9. The molecule has 0 spiro atoms. The summed E-state index contributed by atoms with van der Waals surface area (Å²) < 4.78 is 19.1. The second-order valence-corrected chi connectivity index (χ2v) is 4.97. The number of rotatable bonds is 5. The first-order valence-electron chi connectivity index (χ1n) is 6.92. The summed E-state index contributed by atoms with van der Waals surface area (Å²) in [7, 11) is 0. The van der Waals surface area contributed by atoms with Crippen LogP contribution in [0, 0.1) is 5.82 Å². The topological polar surface area (TPSA) is 35.2 Å². The Bertz CT molecular complexity index is 564. The Balaban J connectivity index is 2.21. The van der Waals surface area contributed by atoms with Crippen molar-refractivity contribution in [1.29, 1.82) is 0 Å². The van der Waals surface area contributed by atoms with Gasteiger partial charge in [-0.1, -0.05) is 25.5 Å². The van der Waals surface area contributed by atoms with Gasteiger partial charge in [-0.05, 0) is 49.2 Å². The Morgan fingerprint density at radius 2 is 1.85 bits per heavy atom. The SMILES string of the molecule is CCCc1ccc(Oc2ccc(F)cc2C(C)N)cc1. The van der Waals surface area contributed by atoms with E-state index in [4.69, 9.17) is 10.5 Å². The van der Waals surface area contributed by atoms with Crippen LogP contribution in [0.5, 0.6) is 11.5 Å². The Morgan fingerprint density at radius 1 is 1.15 bits per heavy atom. The first-order chi connectivity index (χ1) is 9.60. The summed E-state index contributed by atoms with van der Waals surface area (Å²) in [4.78, 5) is 0. The van der Waals surface area contributed by atoms with Gasteiger partial charge < -0.3 is 10.5 Å². The first-order valence-corrected chi connectivity index (χ1v) is 6.92. The summed E-state index contributed by atoms with van der Waals surface area (Å²) in [5.41, 5.74) is 7.81. The van der Waals surface area contributed by atoms with Crippen LogP contribution in [0.2, 0.25) is 0 Å². The molecule has 1 unspecified atom stereocenters. The van der Waals surface area contributed by atoms with Crippen molar-refractivity contribution in [2.24, 2.45) is 5.73 Å². The van der Waals surface area contributed by atoms with E-state index in [2.05, 4.69) is 6.92 Å². The number of benzene rings is 2. The van der Waals surface area contributed by atoms with Crippen molar-refractivity contribution in [3.8, 4) is 11.5 Å². The van der Waals surface area contributed by atoms with Crippen LogP contribution in [-0.2, 0) is 6.42 Å². The van der Waals surface area contributed by atoms with E-state index >= 15 is 0 Å². The van der Waals surface area contributed by atoms with E-state index < -0.39 is 0 Å². The lowest BCUT2D eigenvalue weighted by atomic mass is 10.1. The van der Waals surface area contributed by atoms with Crippen molar-refractivity contribution < 1.29 is 9.13 Å². The van der Waals surface area contributed by atoms with Crippen LogP contribution >= 0.6 is 0 Å². The van der Waals surface area contributed by atoms with Crippen molar-refractivity contribution in [2.75, 3.05) is 0 Å². The summed E-state index contributed by atoms with van der Waals surface area (Å²) in [5, 5.41) is 0. The molecule has 1 atom stereocenters. The minimum atomic E-state index is -0.303. The summed E-state index contributed by atoms with van der Waals surface area (Å²) >= 11 is 0. The second kappa shape index (κ2) is 6.53. The molecule has 0 heterocycles. The summed E-state index contributed by atoms with van der Waals surface area (Å²) in [6, 6.07) is 12.1. The molecule has 0 aliphatic rings. The highest BCUT2D eigenvalue weighted by Gasteiger charge is 2.10. The van der Waals surface area contributed by atoms with Gasteiger partial charge in [0.1, 0.15) is 17.3 Å². The molecule has 0 aromatic heterocycles. The van der Waals surface area contributed by atoms with Crippen LogP contribution in [0.3, 0.4) is 0 Å². The van der Waals surface area contributed by atoms with Crippen LogP contribution in [0.15, 0.2) is 42.5 Å². The molecule has 0 amide bonds. The zero-order valence-electron chi connectivity index (χ0n) is 11.9. The third-order valence-corrected chi connectivity index (χ3v) is 3.15. The van der Waals surface area contributed by atoms with Gasteiger partial charge in [0.2, 0.25) is 0 Å². The quantitative estimate of drug-likeness (QED) is 0.864. The summed E-state index contributed by atoms with van der Waals surface area (Å²) in [6.07, 6.45) is 2.18. The molecule has 0 aliphatic carbocycles. The molecule has 2 nitrogen and oxygen atoms in total. The molecule has 106 valence electrons. The number of ether oxygens (including phenoxy) is 1. The zero-order chi connectivity index (χ0) is 14.5. The van der Waals surface area contributed by atoms with Crippen LogP contribution in [0.1, 0.15) is 37.4 Å². The lowest BCUT2D eigenvalue weighted by molar-refractivity contribution is 0.469. The maximum absolute atomic E-state index is 13.3. The highest BCUT2D eigenvalue weighted by atomic mass is 19.1. The molecule has 0 saturated heterocycles. The molecular formula is C17H20FNO. The Morgan fingerprint density at radius 3 is 2.45 bits per heavy atom. The molecule has 20 heavy (non-hydrogen) atoms. The number of nitrogens with two attached hydrogens (primary N) is 1. The van der Waals surface area contributed by atoms with E-state index in [0.29, 0.717) is 11.3 Å². The molecule has 0 aliphatic heterocycles. The number of hydrogen-bond donors (Lipinski definition) is 1. The van der Waals surface area contributed by atoms with Crippen molar-refractivity contribution in [3.63, 3.8) is 0 Å². The van der Waals surface area contributed by atoms with Crippen LogP contribution < -0.4 is 10.5 Å². The molecule has 0 saturated carbocycles. The van der Waals surface area contributed by atoms with Gasteiger partial charge in [0.25, 0.3) is 0 Å². The van der Waals surface area contributed by atoms with Gasteiger partial charge in [0.05, 0.1) is 0 Å². The Hall–Kier alpha value is -1.87. The maximum Gasteiger partial charge on any atom is 0.132 e. The molecule has 0 radical (unpaired) electrons. The van der Waals surface area contributed by atoms with E-state index in [-0.39, 0.29) is 11.9 Å². The number of aryl methyl sites for hydroxylation is 1. The predicted molar refractivity (Wildman–Crippen MR) is 79.5 cm³/mol. The van der Waals surface area contributed by atoms with Crippen LogP contribution in [0.25, 0.3) is 0 Å². The van der Waals surface area contributed by atoms with E-state index in [9.17, 15) is 4.39 Å². The molecule has 2 rings (SSSR count). The van der Waals surface area contributed by atoms with Crippen molar-refractivity contribution in [3.05, 3.63) is 59.4 Å². The highest BCUT2D eigenvalue weighted by Crippen LogP contribution is 2.29. The van der Waals surface area contributed by atoms with Gasteiger partial charge in [-0.15, -0.1) is 0 Å². The average molecular weight is 273 g/mol. The molecule has 2 N–H and O–H groups in total. The third kappa shape index (κ3) is 3.58. The van der Waals surface area contributed by atoms with Crippen LogP contribution in [0.4, 0.5) is 4.39 Å². The number of hydrogen-bond acceptors (Lipinski definition) is 2. The van der Waals surface area contributed by atoms with E-state index in [1.165, 1.54) is 17.7 Å². The lowest BCUT2D eigenvalue weighted by Gasteiger charge is -2.14. The molecule has 3 heteroatoms. The number of halogens is 1. The summed E-state index contributed by atoms with van der Waals surface area (Å²) in [6.45, 7) is 3.96. The minimum Gasteiger partial charge on any atom is -0.457 e. The third-order valence-electron chi connectivity index (χ3n) is 3.15. The molecule has 2 aromatic rings. The fourth-order valence-electron chi connectivity index (χ4n) is 2.11. The monoisotopic (exact) mass is 273 g/mol. The van der Waals surface area contributed by atoms with Crippen molar-refractivity contribution in [1.82, 2.24) is 0 Å². The van der Waals surface area contributed by atoms with Gasteiger partial charge in [0, 0.05) is 11.6 Å². The smallest absolute Gasteiger partial charge is 0.132 e. The fourth-order valence-corrected chi connectivity index (χ4v) is 2.11. The maximum atomic E-state index is 13.3. The molecule has 2 aromatic carbocycles.